The van der Waals surface area contributed by atoms with Crippen LogP contribution in [-0.4, -0.2) is 15.8 Å². The Balaban J connectivity index is 2.38. The summed E-state index contributed by atoms with van der Waals surface area (Å²) in [4.78, 5) is 24.1. The molecule has 1 amide bonds. The predicted molar refractivity (Wildman–Crippen MR) is 94.1 cm³/mol. The number of nitrogens with zero attached hydrogens (tertiary/aromatic N) is 1. The van der Waals surface area contributed by atoms with Gasteiger partial charge < -0.3 is 10.4 Å². The number of hydrogen-bond donors (Lipinski definition) is 2. The van der Waals surface area contributed by atoms with Gasteiger partial charge in [-0.25, -0.2) is 9.18 Å². The van der Waals surface area contributed by atoms with E-state index in [0.717, 1.165) is 0 Å². The molecule has 0 bridgehead atoms. The van der Waals surface area contributed by atoms with Gasteiger partial charge in [-0.3, -0.25) is 9.36 Å². The van der Waals surface area contributed by atoms with Crippen LogP contribution in [0.4, 0.5) is 9.18 Å². The third-order valence-corrected chi connectivity index (χ3v) is 4.19. The third-order valence-electron chi connectivity index (χ3n) is 3.87. The number of carbonyl (C=O) groups is 1. The predicted octanol–water partition coefficient (Wildman–Crippen LogP) is 4.11. The molecule has 1 unspecified atom stereocenters. The lowest BCUT2D eigenvalue weighted by atomic mass is 10.1. The van der Waals surface area contributed by atoms with E-state index in [4.69, 9.17) is 16.7 Å². The highest BCUT2D eigenvalue weighted by molar-refractivity contribution is 6.35. The van der Waals surface area contributed by atoms with E-state index in [2.05, 4.69) is 5.32 Å². The van der Waals surface area contributed by atoms with Gasteiger partial charge in [-0.1, -0.05) is 29.8 Å². The highest BCUT2D eigenvalue weighted by Crippen LogP contribution is 2.25. The monoisotopic (exact) mass is 360 g/mol. The Labute approximate surface area is 147 Å². The zero-order chi connectivity index (χ0) is 18.1. The summed E-state index contributed by atoms with van der Waals surface area (Å²) >= 11 is 6.17. The van der Waals surface area contributed by atoms with Crippen molar-refractivity contribution in [2.45, 2.75) is 13.0 Å². The molecule has 0 saturated heterocycles. The molecule has 0 saturated carbocycles. The van der Waals surface area contributed by atoms with Gasteiger partial charge in [0.05, 0.1) is 22.1 Å². The maximum Gasteiger partial charge on any atom is 0.405 e. The lowest BCUT2D eigenvalue weighted by Gasteiger charge is -2.20. The van der Waals surface area contributed by atoms with Crippen molar-refractivity contribution in [2.75, 3.05) is 0 Å². The number of aromatic nitrogens is 1. The van der Waals surface area contributed by atoms with E-state index in [-0.39, 0.29) is 5.02 Å². The molecule has 0 aliphatic carbocycles. The molecular weight excluding hydrogens is 347 g/mol. The van der Waals surface area contributed by atoms with Crippen LogP contribution in [-0.2, 0) is 0 Å². The van der Waals surface area contributed by atoms with Gasteiger partial charge >= 0.3 is 6.09 Å². The van der Waals surface area contributed by atoms with Crippen molar-refractivity contribution in [2.24, 2.45) is 0 Å². The van der Waals surface area contributed by atoms with E-state index in [1.165, 1.54) is 22.8 Å². The van der Waals surface area contributed by atoms with Crippen molar-refractivity contribution >= 4 is 28.5 Å². The molecule has 3 rings (SSSR count). The molecule has 1 aromatic heterocycles. The number of halogens is 2. The lowest BCUT2D eigenvalue weighted by molar-refractivity contribution is 0.190. The van der Waals surface area contributed by atoms with Crippen LogP contribution in [0.3, 0.4) is 0 Å². The van der Waals surface area contributed by atoms with E-state index in [9.17, 15) is 14.0 Å². The molecule has 5 nitrogen and oxygen atoms in total. The number of benzene rings is 2. The van der Waals surface area contributed by atoms with Gasteiger partial charge in [-0.15, -0.1) is 0 Å². The first kappa shape index (κ1) is 17.0. The molecule has 3 aromatic rings. The summed E-state index contributed by atoms with van der Waals surface area (Å²) in [5.74, 6) is -0.506. The van der Waals surface area contributed by atoms with Gasteiger partial charge in [-0.2, -0.15) is 0 Å². The van der Waals surface area contributed by atoms with Crippen LogP contribution < -0.4 is 10.9 Å². The molecule has 0 aliphatic rings. The number of carboxylic acid groups (broad SMARTS) is 1. The number of pyridine rings is 1. The zero-order valence-electron chi connectivity index (χ0n) is 13.2. The highest BCUT2D eigenvalue weighted by Gasteiger charge is 2.19. The maximum atomic E-state index is 13.7. The van der Waals surface area contributed by atoms with Crippen LogP contribution in [0.25, 0.3) is 16.5 Å². The summed E-state index contributed by atoms with van der Waals surface area (Å²) in [6.07, 6.45) is -1.23. The van der Waals surface area contributed by atoms with Crippen LogP contribution >= 0.6 is 11.6 Å². The summed E-state index contributed by atoms with van der Waals surface area (Å²) < 4.78 is 14.9. The zero-order valence-corrected chi connectivity index (χ0v) is 13.9. The molecule has 0 radical (unpaired) electrons. The number of rotatable bonds is 3. The molecule has 25 heavy (non-hydrogen) atoms. The fraction of sp³-hybridized carbons (Fsp3) is 0.111. The molecule has 0 spiro atoms. The SMILES string of the molecule is CC(NC(=O)O)c1cc2cccc(Cl)c2c(=O)n1-c1cccc(F)c1. The minimum Gasteiger partial charge on any atom is -0.465 e. The average molecular weight is 361 g/mol. The normalized spacial score (nSPS) is 12.1. The average Bonchev–Trinajstić information content (AvgIpc) is 2.53. The highest BCUT2D eigenvalue weighted by atomic mass is 35.5. The Hall–Kier alpha value is -2.86. The first-order valence-corrected chi connectivity index (χ1v) is 7.86. The minimum absolute atomic E-state index is 0.276. The Morgan fingerprint density at radius 1 is 1.24 bits per heavy atom. The molecule has 1 atom stereocenters. The maximum absolute atomic E-state index is 13.7. The first-order valence-electron chi connectivity index (χ1n) is 7.48. The smallest absolute Gasteiger partial charge is 0.405 e. The van der Waals surface area contributed by atoms with Crippen molar-refractivity contribution in [3.63, 3.8) is 0 Å². The Morgan fingerprint density at radius 3 is 2.64 bits per heavy atom. The summed E-state index contributed by atoms with van der Waals surface area (Å²) in [7, 11) is 0. The first-order chi connectivity index (χ1) is 11.9. The van der Waals surface area contributed by atoms with Gasteiger partial charge in [0.15, 0.2) is 0 Å². The summed E-state index contributed by atoms with van der Waals surface area (Å²) in [5, 5.41) is 12.5. The molecule has 2 N–H and O–H groups in total. The topological polar surface area (TPSA) is 71.3 Å². The van der Waals surface area contributed by atoms with Crippen molar-refractivity contribution in [3.8, 4) is 5.69 Å². The van der Waals surface area contributed by atoms with Crippen LogP contribution in [0.2, 0.25) is 5.02 Å². The number of hydrogen-bond acceptors (Lipinski definition) is 2. The van der Waals surface area contributed by atoms with Crippen LogP contribution in [0.1, 0.15) is 18.7 Å². The molecule has 128 valence electrons. The Morgan fingerprint density at radius 2 is 1.96 bits per heavy atom. The number of nitrogens with one attached hydrogen (secondary N) is 1. The van der Waals surface area contributed by atoms with Crippen molar-refractivity contribution in [1.29, 1.82) is 0 Å². The molecular formula is C18H14ClFN2O3. The Kier molecular flexibility index (Phi) is 4.46. The van der Waals surface area contributed by atoms with Gasteiger partial charge in [0.1, 0.15) is 5.82 Å². The second-order valence-corrected chi connectivity index (χ2v) is 5.97. The minimum atomic E-state index is -1.23. The van der Waals surface area contributed by atoms with Crippen molar-refractivity contribution in [1.82, 2.24) is 9.88 Å². The Bertz CT molecular complexity index is 1030. The fourth-order valence-electron chi connectivity index (χ4n) is 2.80. The second kappa shape index (κ2) is 6.57. The van der Waals surface area contributed by atoms with E-state index in [0.29, 0.717) is 22.2 Å². The van der Waals surface area contributed by atoms with Crippen LogP contribution in [0.15, 0.2) is 53.3 Å². The molecule has 0 fully saturated rings. The van der Waals surface area contributed by atoms with E-state index >= 15 is 0 Å². The standard InChI is InChI=1S/C18H14ClFN2O3/c1-10(21-18(24)25)15-8-11-4-2-7-14(19)16(11)17(23)22(15)13-6-3-5-12(20)9-13/h2-10,21H,1H3,(H,24,25). The molecule has 2 aromatic carbocycles. The van der Waals surface area contributed by atoms with E-state index in [1.807, 2.05) is 0 Å². The van der Waals surface area contributed by atoms with Crippen LogP contribution in [0, 0.1) is 5.82 Å². The molecule has 7 heteroatoms. The second-order valence-electron chi connectivity index (χ2n) is 5.56. The largest absolute Gasteiger partial charge is 0.465 e. The lowest BCUT2D eigenvalue weighted by Crippen LogP contribution is -2.31. The fourth-order valence-corrected chi connectivity index (χ4v) is 3.06. The third kappa shape index (κ3) is 3.21. The summed E-state index contributed by atoms with van der Waals surface area (Å²) in [6, 6.07) is 11.5. The van der Waals surface area contributed by atoms with Gasteiger partial charge in [0.2, 0.25) is 0 Å². The van der Waals surface area contributed by atoms with Crippen molar-refractivity contribution in [3.05, 3.63) is 75.4 Å². The summed E-state index contributed by atoms with van der Waals surface area (Å²) in [5.41, 5.74) is 0.233. The van der Waals surface area contributed by atoms with Gasteiger partial charge in [0.25, 0.3) is 5.56 Å². The molecule has 1 heterocycles. The number of fused-ring (bicyclic) bond motifs is 1. The van der Waals surface area contributed by atoms with Gasteiger partial charge in [0, 0.05) is 5.69 Å². The van der Waals surface area contributed by atoms with Crippen molar-refractivity contribution < 1.29 is 14.3 Å². The number of amides is 1. The quantitative estimate of drug-likeness (QED) is 0.738. The van der Waals surface area contributed by atoms with Gasteiger partial charge in [-0.05, 0) is 42.6 Å². The summed E-state index contributed by atoms with van der Waals surface area (Å²) in [6.45, 7) is 1.61. The van der Waals surface area contributed by atoms with E-state index in [1.54, 1.807) is 37.3 Å². The molecule has 0 aliphatic heterocycles. The van der Waals surface area contributed by atoms with Crippen LogP contribution in [0.5, 0.6) is 0 Å². The van der Waals surface area contributed by atoms with E-state index < -0.39 is 23.5 Å².